The average Bonchev–Trinajstić information content (AvgIpc) is 3.03. The highest BCUT2D eigenvalue weighted by Gasteiger charge is 2.16. The van der Waals surface area contributed by atoms with Crippen LogP contribution in [0.1, 0.15) is 38.1 Å². The van der Waals surface area contributed by atoms with Crippen LogP contribution >= 0.6 is 11.3 Å². The Morgan fingerprint density at radius 2 is 1.63 bits per heavy atom. The molecule has 3 aromatic rings. The first-order chi connectivity index (χ1) is 12.8. The molecule has 142 valence electrons. The zero-order valence-electron chi connectivity index (χ0n) is 16.9. The zero-order chi connectivity index (χ0) is 19.6. The lowest BCUT2D eigenvalue weighted by Gasteiger charge is -2.19. The van der Waals surface area contributed by atoms with Gasteiger partial charge >= 0.3 is 0 Å². The van der Waals surface area contributed by atoms with E-state index in [2.05, 4.69) is 52.0 Å². The van der Waals surface area contributed by atoms with Crippen molar-refractivity contribution >= 4 is 11.3 Å². The summed E-state index contributed by atoms with van der Waals surface area (Å²) in [5.41, 5.74) is 4.72. The van der Waals surface area contributed by atoms with Gasteiger partial charge in [0.1, 0.15) is 5.01 Å². The summed E-state index contributed by atoms with van der Waals surface area (Å²) in [6, 6.07) is 14.7. The molecule has 0 bridgehead atoms. The number of aromatic nitrogens is 1. The molecule has 1 aromatic heterocycles. The zero-order valence-corrected chi connectivity index (χ0v) is 17.7. The summed E-state index contributed by atoms with van der Waals surface area (Å²) >= 11 is 1.70. The second-order valence-corrected chi connectivity index (χ2v) is 8.75. The number of thiazole rings is 1. The number of benzene rings is 2. The highest BCUT2D eigenvalue weighted by Crippen LogP contribution is 2.37. The smallest absolute Gasteiger partial charge is 0.161 e. The molecule has 0 saturated carbocycles. The van der Waals surface area contributed by atoms with E-state index < -0.39 is 0 Å². The third kappa shape index (κ3) is 4.16. The number of hydrogen-bond acceptors (Lipinski definition) is 4. The molecule has 0 unspecified atom stereocenters. The summed E-state index contributed by atoms with van der Waals surface area (Å²) in [5.74, 6) is 1.49. The Hall–Kier alpha value is -2.33. The SMILES string of the molecule is CCOc1ccc(-c2nc(-c3ccc(C(C)(C)C)cc3)c(C)s2)cc1OC. The van der Waals surface area contributed by atoms with Crippen LogP contribution in [0.5, 0.6) is 11.5 Å². The standard InChI is InChI=1S/C23H27NO2S/c1-7-26-19-13-10-17(14-20(19)25-6)22-24-21(15(2)27-22)16-8-11-18(12-9-16)23(3,4)5/h8-14H,7H2,1-6H3. The molecule has 3 rings (SSSR count). The number of ether oxygens (including phenoxy) is 2. The highest BCUT2D eigenvalue weighted by molar-refractivity contribution is 7.15. The van der Waals surface area contributed by atoms with Crippen molar-refractivity contribution < 1.29 is 9.47 Å². The van der Waals surface area contributed by atoms with Crippen LogP contribution in [0, 0.1) is 6.92 Å². The maximum atomic E-state index is 5.61. The summed E-state index contributed by atoms with van der Waals surface area (Å²) in [5, 5.41) is 0.990. The van der Waals surface area contributed by atoms with Crippen molar-refractivity contribution in [2.75, 3.05) is 13.7 Å². The van der Waals surface area contributed by atoms with Gasteiger partial charge in [-0.25, -0.2) is 4.98 Å². The number of nitrogens with zero attached hydrogens (tertiary/aromatic N) is 1. The maximum absolute atomic E-state index is 5.61. The van der Waals surface area contributed by atoms with Crippen molar-refractivity contribution in [3.05, 3.63) is 52.9 Å². The summed E-state index contributed by atoms with van der Waals surface area (Å²) in [6.07, 6.45) is 0. The summed E-state index contributed by atoms with van der Waals surface area (Å²) in [6.45, 7) is 11.4. The van der Waals surface area contributed by atoms with Gasteiger partial charge in [0.25, 0.3) is 0 Å². The van der Waals surface area contributed by atoms with Crippen molar-refractivity contribution in [3.63, 3.8) is 0 Å². The van der Waals surface area contributed by atoms with Crippen LogP contribution < -0.4 is 9.47 Å². The lowest BCUT2D eigenvalue weighted by molar-refractivity contribution is 0.311. The normalized spacial score (nSPS) is 11.5. The van der Waals surface area contributed by atoms with Gasteiger partial charge in [0.15, 0.2) is 11.5 Å². The van der Waals surface area contributed by atoms with E-state index >= 15 is 0 Å². The first-order valence-corrected chi connectivity index (χ1v) is 10.0. The summed E-state index contributed by atoms with van der Waals surface area (Å²) < 4.78 is 11.1. The van der Waals surface area contributed by atoms with Gasteiger partial charge < -0.3 is 9.47 Å². The number of aryl methyl sites for hydroxylation is 1. The van der Waals surface area contributed by atoms with E-state index in [1.807, 2.05) is 25.1 Å². The minimum Gasteiger partial charge on any atom is -0.493 e. The summed E-state index contributed by atoms with van der Waals surface area (Å²) in [4.78, 5) is 6.12. The van der Waals surface area contributed by atoms with Gasteiger partial charge in [-0.2, -0.15) is 0 Å². The van der Waals surface area contributed by atoms with E-state index in [0.29, 0.717) is 6.61 Å². The van der Waals surface area contributed by atoms with Gasteiger partial charge in [-0.1, -0.05) is 45.0 Å². The molecule has 0 radical (unpaired) electrons. The fourth-order valence-electron chi connectivity index (χ4n) is 2.99. The molecule has 1 heterocycles. The molecule has 0 N–H and O–H groups in total. The number of rotatable bonds is 5. The molecular formula is C23H27NO2S. The van der Waals surface area contributed by atoms with E-state index in [1.165, 1.54) is 10.4 Å². The molecule has 0 aliphatic carbocycles. The molecule has 2 aromatic carbocycles. The summed E-state index contributed by atoms with van der Waals surface area (Å²) in [7, 11) is 1.66. The van der Waals surface area contributed by atoms with Crippen molar-refractivity contribution in [2.45, 2.75) is 40.0 Å². The molecule has 0 amide bonds. The second-order valence-electron chi connectivity index (χ2n) is 7.55. The Bertz CT molecular complexity index is 921. The van der Waals surface area contributed by atoms with Crippen LogP contribution in [0.4, 0.5) is 0 Å². The van der Waals surface area contributed by atoms with Crippen LogP contribution in [0.25, 0.3) is 21.8 Å². The Labute approximate surface area is 166 Å². The van der Waals surface area contributed by atoms with Crippen molar-refractivity contribution in [1.29, 1.82) is 0 Å². The molecular weight excluding hydrogens is 354 g/mol. The van der Waals surface area contributed by atoms with E-state index in [4.69, 9.17) is 14.5 Å². The molecule has 0 saturated heterocycles. The lowest BCUT2D eigenvalue weighted by Crippen LogP contribution is -2.10. The molecule has 0 aliphatic heterocycles. The van der Waals surface area contributed by atoms with Crippen molar-refractivity contribution in [1.82, 2.24) is 4.98 Å². The quantitative estimate of drug-likeness (QED) is 0.506. The average molecular weight is 382 g/mol. The lowest BCUT2D eigenvalue weighted by atomic mass is 9.86. The Morgan fingerprint density at radius 3 is 2.22 bits per heavy atom. The molecule has 0 fully saturated rings. The van der Waals surface area contributed by atoms with Crippen molar-refractivity contribution in [3.8, 4) is 33.3 Å². The first kappa shape index (κ1) is 19.4. The largest absolute Gasteiger partial charge is 0.493 e. The maximum Gasteiger partial charge on any atom is 0.161 e. The predicted molar refractivity (Wildman–Crippen MR) is 114 cm³/mol. The third-order valence-corrected chi connectivity index (χ3v) is 5.55. The van der Waals surface area contributed by atoms with Gasteiger partial charge in [0.05, 0.1) is 19.4 Å². The number of hydrogen-bond donors (Lipinski definition) is 0. The Morgan fingerprint density at radius 1 is 0.963 bits per heavy atom. The fourth-order valence-corrected chi connectivity index (χ4v) is 3.92. The third-order valence-electron chi connectivity index (χ3n) is 4.53. The minimum absolute atomic E-state index is 0.152. The molecule has 4 heteroatoms. The fraction of sp³-hybridized carbons (Fsp3) is 0.348. The minimum atomic E-state index is 0.152. The molecule has 0 atom stereocenters. The molecule has 0 aliphatic rings. The number of methoxy groups -OCH3 is 1. The Balaban J connectivity index is 1.95. The van der Waals surface area contributed by atoms with Crippen LogP contribution in [-0.2, 0) is 5.41 Å². The molecule has 0 spiro atoms. The van der Waals surface area contributed by atoms with Gasteiger partial charge in [-0.15, -0.1) is 11.3 Å². The highest BCUT2D eigenvalue weighted by atomic mass is 32.1. The monoisotopic (exact) mass is 381 g/mol. The van der Waals surface area contributed by atoms with E-state index in [9.17, 15) is 0 Å². The molecule has 3 nitrogen and oxygen atoms in total. The first-order valence-electron chi connectivity index (χ1n) is 9.23. The van der Waals surface area contributed by atoms with Gasteiger partial charge in [-0.05, 0) is 43.0 Å². The van der Waals surface area contributed by atoms with Gasteiger partial charge in [-0.3, -0.25) is 0 Å². The van der Waals surface area contributed by atoms with Gasteiger partial charge in [0, 0.05) is 16.0 Å². The predicted octanol–water partition coefficient (Wildman–Crippen LogP) is 6.49. The van der Waals surface area contributed by atoms with Crippen LogP contribution in [-0.4, -0.2) is 18.7 Å². The van der Waals surface area contributed by atoms with Crippen LogP contribution in [0.15, 0.2) is 42.5 Å². The van der Waals surface area contributed by atoms with Crippen LogP contribution in [0.3, 0.4) is 0 Å². The van der Waals surface area contributed by atoms with Gasteiger partial charge in [0.2, 0.25) is 0 Å². The van der Waals surface area contributed by atoms with E-state index in [0.717, 1.165) is 33.3 Å². The topological polar surface area (TPSA) is 31.4 Å². The Kier molecular flexibility index (Phi) is 5.56. The van der Waals surface area contributed by atoms with E-state index in [-0.39, 0.29) is 5.41 Å². The molecule has 27 heavy (non-hydrogen) atoms. The van der Waals surface area contributed by atoms with Crippen molar-refractivity contribution in [2.24, 2.45) is 0 Å². The second kappa shape index (κ2) is 7.73. The van der Waals surface area contributed by atoms with Crippen LogP contribution in [0.2, 0.25) is 0 Å². The van der Waals surface area contributed by atoms with E-state index in [1.54, 1.807) is 18.4 Å².